The summed E-state index contributed by atoms with van der Waals surface area (Å²) >= 11 is 0. The van der Waals surface area contributed by atoms with Crippen LogP contribution < -0.4 is 0 Å². The van der Waals surface area contributed by atoms with Crippen molar-refractivity contribution >= 4 is 0 Å². The second kappa shape index (κ2) is 21.6. The highest BCUT2D eigenvalue weighted by Gasteiger charge is 2.19. The predicted octanol–water partition coefficient (Wildman–Crippen LogP) is 8.21. The standard InChI is InChI=1S/C32H66O5/c1-23(17-25(3)19-27(5)21-29(7)33)13-11-15-31(35-9)37-32(36-10)16-12-14-24(2)18-26(4)20-28(6)22-30(8)34/h23-34H,11-22H2,1-10H3. The number of aliphatic hydroxyl groups excluding tert-OH is 2. The summed E-state index contributed by atoms with van der Waals surface area (Å²) in [4.78, 5) is 0. The summed E-state index contributed by atoms with van der Waals surface area (Å²) in [6.07, 6.45) is 12.2. The Bertz CT molecular complexity index is 467. The quantitative estimate of drug-likeness (QED) is 0.123. The Hall–Kier alpha value is -0.200. The molecular weight excluding hydrogens is 464 g/mol. The normalized spacial score (nSPS) is 20.4. The molecule has 0 saturated heterocycles. The van der Waals surface area contributed by atoms with Crippen molar-refractivity contribution in [2.24, 2.45) is 35.5 Å². The Morgan fingerprint density at radius 3 is 1.03 bits per heavy atom. The van der Waals surface area contributed by atoms with Crippen molar-refractivity contribution in [3.05, 3.63) is 0 Å². The van der Waals surface area contributed by atoms with Crippen molar-refractivity contribution in [1.29, 1.82) is 0 Å². The van der Waals surface area contributed by atoms with Crippen molar-refractivity contribution in [2.45, 2.75) is 157 Å². The molecule has 10 unspecified atom stereocenters. The van der Waals surface area contributed by atoms with E-state index in [4.69, 9.17) is 14.2 Å². The Balaban J connectivity index is 4.22. The molecule has 0 saturated carbocycles. The van der Waals surface area contributed by atoms with E-state index in [2.05, 4.69) is 41.5 Å². The van der Waals surface area contributed by atoms with E-state index in [0.717, 1.165) is 38.5 Å². The van der Waals surface area contributed by atoms with Crippen molar-refractivity contribution in [3.8, 4) is 0 Å². The van der Waals surface area contributed by atoms with Crippen LogP contribution in [0.1, 0.15) is 132 Å². The van der Waals surface area contributed by atoms with Gasteiger partial charge in [-0.25, -0.2) is 0 Å². The van der Waals surface area contributed by atoms with Crippen LogP contribution in [-0.4, -0.2) is 49.2 Å². The van der Waals surface area contributed by atoms with E-state index in [9.17, 15) is 10.2 Å². The molecule has 0 aliphatic carbocycles. The SMILES string of the molecule is COC(CCCC(C)CC(C)CC(C)CC(C)O)OC(CCCC(C)CC(C)CC(C)CC(C)O)OC. The van der Waals surface area contributed by atoms with Crippen LogP contribution >= 0.6 is 0 Å². The predicted molar refractivity (Wildman–Crippen MR) is 156 cm³/mol. The summed E-state index contributed by atoms with van der Waals surface area (Å²) in [6.45, 7) is 17.7. The van der Waals surface area contributed by atoms with Gasteiger partial charge < -0.3 is 24.4 Å². The lowest BCUT2D eigenvalue weighted by Crippen LogP contribution is -2.25. The van der Waals surface area contributed by atoms with E-state index in [-0.39, 0.29) is 24.8 Å². The Labute approximate surface area is 231 Å². The zero-order valence-electron chi connectivity index (χ0n) is 26.4. The van der Waals surface area contributed by atoms with Crippen molar-refractivity contribution < 1.29 is 24.4 Å². The van der Waals surface area contributed by atoms with Gasteiger partial charge >= 0.3 is 0 Å². The number of aliphatic hydroxyl groups is 2. The van der Waals surface area contributed by atoms with Crippen LogP contribution in [0.25, 0.3) is 0 Å². The number of hydrogen-bond donors (Lipinski definition) is 2. The second-order valence-corrected chi connectivity index (χ2v) is 13.1. The van der Waals surface area contributed by atoms with E-state index in [1.165, 1.54) is 38.5 Å². The molecule has 0 amide bonds. The molecule has 5 nitrogen and oxygen atoms in total. The van der Waals surface area contributed by atoms with Gasteiger partial charge in [0, 0.05) is 14.2 Å². The minimum atomic E-state index is -0.214. The lowest BCUT2D eigenvalue weighted by Gasteiger charge is -2.25. The van der Waals surface area contributed by atoms with Crippen LogP contribution in [-0.2, 0) is 14.2 Å². The van der Waals surface area contributed by atoms with Crippen LogP contribution in [0.2, 0.25) is 0 Å². The van der Waals surface area contributed by atoms with Gasteiger partial charge in [0.1, 0.15) is 0 Å². The molecule has 10 atom stereocenters. The smallest absolute Gasteiger partial charge is 0.160 e. The van der Waals surface area contributed by atoms with Gasteiger partial charge in [-0.05, 0) is 114 Å². The summed E-state index contributed by atoms with van der Waals surface area (Å²) in [7, 11) is 3.46. The van der Waals surface area contributed by atoms with E-state index >= 15 is 0 Å². The van der Waals surface area contributed by atoms with Crippen LogP contribution in [0.15, 0.2) is 0 Å². The minimum absolute atomic E-state index is 0.200. The molecule has 0 aliphatic rings. The monoisotopic (exact) mass is 530 g/mol. The summed E-state index contributed by atoms with van der Waals surface area (Å²) < 4.78 is 17.4. The van der Waals surface area contributed by atoms with Gasteiger partial charge in [-0.3, -0.25) is 0 Å². The third kappa shape index (κ3) is 21.3. The second-order valence-electron chi connectivity index (χ2n) is 13.1. The molecule has 0 rings (SSSR count). The molecule has 0 aliphatic heterocycles. The van der Waals surface area contributed by atoms with Gasteiger partial charge in [0.15, 0.2) is 12.6 Å². The molecule has 224 valence electrons. The van der Waals surface area contributed by atoms with E-state index in [1.807, 2.05) is 13.8 Å². The molecule has 0 spiro atoms. The number of methoxy groups -OCH3 is 2. The number of ether oxygens (including phenoxy) is 3. The van der Waals surface area contributed by atoms with Crippen molar-refractivity contribution in [1.82, 2.24) is 0 Å². The molecule has 2 N–H and O–H groups in total. The average molecular weight is 531 g/mol. The van der Waals surface area contributed by atoms with Crippen LogP contribution in [0, 0.1) is 35.5 Å². The third-order valence-electron chi connectivity index (χ3n) is 7.81. The molecule has 0 aromatic heterocycles. The number of hydrogen-bond acceptors (Lipinski definition) is 5. The third-order valence-corrected chi connectivity index (χ3v) is 7.81. The lowest BCUT2D eigenvalue weighted by atomic mass is 9.86. The topological polar surface area (TPSA) is 68.2 Å². The maximum atomic E-state index is 9.60. The molecule has 0 fully saturated rings. The zero-order valence-corrected chi connectivity index (χ0v) is 26.4. The van der Waals surface area contributed by atoms with E-state index < -0.39 is 0 Å². The summed E-state index contributed by atoms with van der Waals surface area (Å²) in [5, 5.41) is 19.2. The largest absolute Gasteiger partial charge is 0.393 e. The van der Waals surface area contributed by atoms with E-state index in [1.54, 1.807) is 14.2 Å². The molecule has 0 bridgehead atoms. The first-order chi connectivity index (χ1) is 17.4. The van der Waals surface area contributed by atoms with Gasteiger partial charge in [-0.2, -0.15) is 0 Å². The summed E-state index contributed by atoms with van der Waals surface area (Å²) in [5.41, 5.74) is 0. The molecule has 0 radical (unpaired) electrons. The van der Waals surface area contributed by atoms with Crippen LogP contribution in [0.4, 0.5) is 0 Å². The molecule has 0 heterocycles. The first-order valence-corrected chi connectivity index (χ1v) is 15.4. The Morgan fingerprint density at radius 1 is 0.432 bits per heavy atom. The molecule has 0 aromatic rings. The number of rotatable bonds is 24. The maximum Gasteiger partial charge on any atom is 0.160 e. The first-order valence-electron chi connectivity index (χ1n) is 15.4. The van der Waals surface area contributed by atoms with Gasteiger partial charge in [0.25, 0.3) is 0 Å². The van der Waals surface area contributed by atoms with Crippen molar-refractivity contribution in [2.75, 3.05) is 14.2 Å². The van der Waals surface area contributed by atoms with Gasteiger partial charge in [0.05, 0.1) is 12.2 Å². The highest BCUT2D eigenvalue weighted by molar-refractivity contribution is 4.67. The fourth-order valence-corrected chi connectivity index (χ4v) is 6.45. The molecular formula is C32H66O5. The van der Waals surface area contributed by atoms with Crippen molar-refractivity contribution in [3.63, 3.8) is 0 Å². The highest BCUT2D eigenvalue weighted by Crippen LogP contribution is 2.27. The highest BCUT2D eigenvalue weighted by atomic mass is 16.8. The molecule has 0 aromatic carbocycles. The average Bonchev–Trinajstić information content (AvgIpc) is 2.75. The summed E-state index contributed by atoms with van der Waals surface area (Å²) in [6, 6.07) is 0. The fraction of sp³-hybridized carbons (Fsp3) is 1.00. The summed E-state index contributed by atoms with van der Waals surface area (Å²) in [5.74, 6) is 3.90. The molecule has 37 heavy (non-hydrogen) atoms. The maximum absolute atomic E-state index is 9.60. The Kier molecular flexibility index (Phi) is 21.5. The fourth-order valence-electron chi connectivity index (χ4n) is 6.45. The van der Waals surface area contributed by atoms with Gasteiger partial charge in [-0.1, -0.05) is 54.4 Å². The zero-order chi connectivity index (χ0) is 28.4. The van der Waals surface area contributed by atoms with Crippen LogP contribution in [0.3, 0.4) is 0 Å². The van der Waals surface area contributed by atoms with Crippen LogP contribution in [0.5, 0.6) is 0 Å². The minimum Gasteiger partial charge on any atom is -0.393 e. The first kappa shape index (κ1) is 36.8. The van der Waals surface area contributed by atoms with E-state index in [0.29, 0.717) is 35.5 Å². The molecule has 5 heteroatoms. The van der Waals surface area contributed by atoms with Gasteiger partial charge in [0.2, 0.25) is 0 Å². The van der Waals surface area contributed by atoms with Gasteiger partial charge in [-0.15, -0.1) is 0 Å². The lowest BCUT2D eigenvalue weighted by molar-refractivity contribution is -0.233. The Morgan fingerprint density at radius 2 is 0.730 bits per heavy atom.